The number of piperazine rings is 1. The van der Waals surface area contributed by atoms with Crippen LogP contribution in [-0.2, 0) is 6.42 Å². The molecule has 0 spiro atoms. The fourth-order valence-corrected chi connectivity index (χ4v) is 5.47. The van der Waals surface area contributed by atoms with Gasteiger partial charge in [0, 0.05) is 53.8 Å². The van der Waals surface area contributed by atoms with Crippen LogP contribution in [-0.4, -0.2) is 60.1 Å². The Balaban J connectivity index is 1.68. The molecule has 1 amide bonds. The second-order valence-corrected chi connectivity index (χ2v) is 9.80. The van der Waals surface area contributed by atoms with Crippen molar-refractivity contribution in [3.05, 3.63) is 87.3 Å². The predicted molar refractivity (Wildman–Crippen MR) is 136 cm³/mol. The van der Waals surface area contributed by atoms with E-state index in [2.05, 4.69) is 40.2 Å². The predicted octanol–water partition coefficient (Wildman–Crippen LogP) is 4.92. The second-order valence-electron chi connectivity index (χ2n) is 8.23. The Hall–Kier alpha value is -2.22. The number of amides is 1. The van der Waals surface area contributed by atoms with Crippen molar-refractivity contribution < 1.29 is 9.90 Å². The van der Waals surface area contributed by atoms with E-state index < -0.39 is 0 Å². The lowest BCUT2D eigenvalue weighted by Crippen LogP contribution is -2.48. The third-order valence-electron chi connectivity index (χ3n) is 6.09. The number of nitrogens with one attached hydrogen (secondary N) is 1. The minimum Gasteiger partial charge on any atom is -0.395 e. The molecule has 2 heterocycles. The Morgan fingerprint density at radius 2 is 1.79 bits per heavy atom. The second kappa shape index (κ2) is 11.3. The Bertz CT molecular complexity index is 1050. The van der Waals surface area contributed by atoms with Gasteiger partial charge in [0.15, 0.2) is 0 Å². The number of hydrogen-bond acceptors (Lipinski definition) is 5. The van der Waals surface area contributed by atoms with E-state index in [1.54, 1.807) is 11.3 Å². The number of anilines is 1. The van der Waals surface area contributed by atoms with Gasteiger partial charge in [0.1, 0.15) is 5.00 Å². The highest BCUT2D eigenvalue weighted by atomic mass is 35.5. The van der Waals surface area contributed by atoms with Gasteiger partial charge in [0.25, 0.3) is 5.91 Å². The minimum atomic E-state index is -0.0935. The van der Waals surface area contributed by atoms with Crippen molar-refractivity contribution in [2.45, 2.75) is 19.4 Å². The number of benzene rings is 2. The van der Waals surface area contributed by atoms with E-state index in [0.29, 0.717) is 17.1 Å². The van der Waals surface area contributed by atoms with Gasteiger partial charge in [-0.1, -0.05) is 48.9 Å². The molecule has 0 bridgehead atoms. The third-order valence-corrected chi connectivity index (χ3v) is 7.55. The van der Waals surface area contributed by atoms with Gasteiger partial charge in [-0.2, -0.15) is 0 Å². The first-order chi connectivity index (χ1) is 16.1. The van der Waals surface area contributed by atoms with Crippen LogP contribution in [0, 0.1) is 0 Å². The first-order valence-electron chi connectivity index (χ1n) is 11.4. The molecule has 2 aromatic carbocycles. The van der Waals surface area contributed by atoms with Crippen LogP contribution in [0.5, 0.6) is 0 Å². The number of β-amino-alcohol motifs (C(OH)–C–C–N with tert-alkyl or cyclic N) is 1. The molecule has 1 aliphatic heterocycles. The van der Waals surface area contributed by atoms with Crippen molar-refractivity contribution in [1.29, 1.82) is 0 Å². The fourth-order valence-electron chi connectivity index (χ4n) is 4.32. The summed E-state index contributed by atoms with van der Waals surface area (Å²) in [5, 5.41) is 14.1. The van der Waals surface area contributed by atoms with Gasteiger partial charge in [0.2, 0.25) is 0 Å². The lowest BCUT2D eigenvalue weighted by molar-refractivity contribution is 0.0946. The van der Waals surface area contributed by atoms with Gasteiger partial charge in [-0.25, -0.2) is 0 Å². The Kier molecular flexibility index (Phi) is 8.17. The number of aliphatic hydroxyl groups excluding tert-OH is 1. The number of aryl methyl sites for hydroxylation is 1. The summed E-state index contributed by atoms with van der Waals surface area (Å²) >= 11 is 7.85. The molecule has 1 aromatic heterocycles. The van der Waals surface area contributed by atoms with Gasteiger partial charge in [-0.05, 0) is 42.3 Å². The number of hydrogen-bond donors (Lipinski definition) is 2. The minimum absolute atomic E-state index is 0.0150. The Morgan fingerprint density at radius 3 is 2.42 bits per heavy atom. The van der Waals surface area contributed by atoms with Gasteiger partial charge in [-0.3, -0.25) is 14.6 Å². The average Bonchev–Trinajstić information content (AvgIpc) is 3.24. The maximum absolute atomic E-state index is 13.0. The molecule has 0 unspecified atom stereocenters. The van der Waals surface area contributed by atoms with Gasteiger partial charge in [0.05, 0.1) is 12.6 Å². The van der Waals surface area contributed by atoms with E-state index in [0.717, 1.165) is 48.7 Å². The molecule has 0 radical (unpaired) electrons. The molecule has 5 nitrogen and oxygen atoms in total. The lowest BCUT2D eigenvalue weighted by Gasteiger charge is -2.39. The summed E-state index contributed by atoms with van der Waals surface area (Å²) in [6.45, 7) is 6.61. The van der Waals surface area contributed by atoms with Crippen LogP contribution in [0.15, 0.2) is 60.7 Å². The molecule has 1 atom stereocenters. The third kappa shape index (κ3) is 5.83. The van der Waals surface area contributed by atoms with Gasteiger partial charge >= 0.3 is 0 Å². The van der Waals surface area contributed by atoms with E-state index in [1.165, 1.54) is 4.88 Å². The molecular weight excluding hydrogens is 454 g/mol. The highest BCUT2D eigenvalue weighted by Gasteiger charge is 2.30. The molecule has 4 rings (SSSR count). The van der Waals surface area contributed by atoms with Crippen LogP contribution in [0.3, 0.4) is 0 Å². The molecule has 1 fully saturated rings. The number of carbonyl (C=O) groups excluding carboxylic acids is 1. The highest BCUT2D eigenvalue weighted by Crippen LogP contribution is 2.40. The first kappa shape index (κ1) is 23.9. The molecule has 0 aliphatic carbocycles. The van der Waals surface area contributed by atoms with Crippen LogP contribution >= 0.6 is 22.9 Å². The van der Waals surface area contributed by atoms with Crippen molar-refractivity contribution in [2.24, 2.45) is 0 Å². The SMILES string of the molecule is CCc1cc([C@H](c2ccc(Cl)cc2)N2CCN(CCO)CC2)c(NC(=O)c2ccccc2)s1. The Morgan fingerprint density at radius 1 is 1.09 bits per heavy atom. The summed E-state index contributed by atoms with van der Waals surface area (Å²) in [6, 6.07) is 19.6. The standard InChI is InChI=1S/C26H30ClN3O2S/c1-2-22-18-23(26(33-22)28-25(32)20-6-4-3-5-7-20)24(19-8-10-21(27)11-9-19)30-14-12-29(13-15-30)16-17-31/h3-11,18,24,31H,2,12-17H2,1H3,(H,28,32)/t24-/m0/s1. The number of halogens is 1. The zero-order valence-electron chi connectivity index (χ0n) is 18.8. The lowest BCUT2D eigenvalue weighted by atomic mass is 9.97. The molecule has 3 aromatic rings. The van der Waals surface area contributed by atoms with Crippen molar-refractivity contribution >= 4 is 33.8 Å². The van der Waals surface area contributed by atoms with Crippen LogP contribution < -0.4 is 5.32 Å². The number of aliphatic hydroxyl groups is 1. The summed E-state index contributed by atoms with van der Waals surface area (Å²) in [6.07, 6.45) is 0.913. The van der Waals surface area contributed by atoms with Crippen molar-refractivity contribution in [3.63, 3.8) is 0 Å². The summed E-state index contributed by atoms with van der Waals surface area (Å²) in [4.78, 5) is 19.0. The van der Waals surface area contributed by atoms with Crippen LogP contribution in [0.25, 0.3) is 0 Å². The molecule has 1 aliphatic rings. The number of nitrogens with zero attached hydrogens (tertiary/aromatic N) is 2. The quantitative estimate of drug-likeness (QED) is 0.477. The first-order valence-corrected chi connectivity index (χ1v) is 12.6. The monoisotopic (exact) mass is 483 g/mol. The van der Waals surface area contributed by atoms with Gasteiger partial charge < -0.3 is 10.4 Å². The zero-order valence-corrected chi connectivity index (χ0v) is 20.4. The molecular formula is C26H30ClN3O2S. The van der Waals surface area contributed by atoms with E-state index in [1.807, 2.05) is 42.5 Å². The van der Waals surface area contributed by atoms with Crippen LogP contribution in [0.1, 0.15) is 39.3 Å². The molecule has 174 valence electrons. The van der Waals surface area contributed by atoms with E-state index in [4.69, 9.17) is 11.6 Å². The number of carbonyl (C=O) groups is 1. The molecule has 7 heteroatoms. The Labute approximate surface area is 204 Å². The molecule has 2 N–H and O–H groups in total. The fraction of sp³-hybridized carbons (Fsp3) is 0.346. The number of thiophene rings is 1. The maximum atomic E-state index is 13.0. The smallest absolute Gasteiger partial charge is 0.256 e. The number of rotatable bonds is 8. The summed E-state index contributed by atoms with van der Waals surface area (Å²) in [5.74, 6) is -0.0935. The van der Waals surface area contributed by atoms with Gasteiger partial charge in [-0.15, -0.1) is 11.3 Å². The largest absolute Gasteiger partial charge is 0.395 e. The van der Waals surface area contributed by atoms with Crippen LogP contribution in [0.4, 0.5) is 5.00 Å². The van der Waals surface area contributed by atoms with Crippen molar-refractivity contribution in [3.8, 4) is 0 Å². The summed E-state index contributed by atoms with van der Waals surface area (Å²) in [5.41, 5.74) is 2.93. The van der Waals surface area contributed by atoms with Crippen LogP contribution in [0.2, 0.25) is 5.02 Å². The molecule has 0 saturated carbocycles. The zero-order chi connectivity index (χ0) is 23.2. The maximum Gasteiger partial charge on any atom is 0.256 e. The topological polar surface area (TPSA) is 55.8 Å². The van der Waals surface area contributed by atoms with Crippen molar-refractivity contribution in [2.75, 3.05) is 44.6 Å². The summed E-state index contributed by atoms with van der Waals surface area (Å²) in [7, 11) is 0. The summed E-state index contributed by atoms with van der Waals surface area (Å²) < 4.78 is 0. The highest BCUT2D eigenvalue weighted by molar-refractivity contribution is 7.16. The van der Waals surface area contributed by atoms with E-state index in [9.17, 15) is 9.90 Å². The van der Waals surface area contributed by atoms with Crippen molar-refractivity contribution in [1.82, 2.24) is 9.80 Å². The van der Waals surface area contributed by atoms with E-state index >= 15 is 0 Å². The average molecular weight is 484 g/mol. The normalized spacial score (nSPS) is 16.0. The molecule has 1 saturated heterocycles. The van der Waals surface area contributed by atoms with E-state index in [-0.39, 0.29) is 18.6 Å². The molecule has 33 heavy (non-hydrogen) atoms.